The molecule has 200 valence electrons. The average molecular weight is 547 g/mol. The van der Waals surface area contributed by atoms with Crippen molar-refractivity contribution in [1.29, 1.82) is 0 Å². The lowest BCUT2D eigenvalue weighted by Gasteiger charge is -2.26. The molecule has 4 aromatic rings. The highest BCUT2D eigenvalue weighted by atomic mass is 32.2. The van der Waals surface area contributed by atoms with E-state index in [-0.39, 0.29) is 10.5 Å². The first-order chi connectivity index (χ1) is 18.8. The number of sulfonamides is 1. The lowest BCUT2D eigenvalue weighted by atomic mass is 10.1. The third-order valence-electron chi connectivity index (χ3n) is 6.25. The lowest BCUT2D eigenvalue weighted by Crippen LogP contribution is -2.40. The van der Waals surface area contributed by atoms with Crippen LogP contribution in [0.4, 0.5) is 5.69 Å². The molecule has 0 spiro atoms. The van der Waals surface area contributed by atoms with Crippen LogP contribution in [0.1, 0.15) is 17.3 Å². The summed E-state index contributed by atoms with van der Waals surface area (Å²) in [6, 6.07) is 20.0. The summed E-state index contributed by atoms with van der Waals surface area (Å²) in [6.07, 6.45) is 0.515. The summed E-state index contributed by atoms with van der Waals surface area (Å²) in [5.41, 5.74) is 2.33. The van der Waals surface area contributed by atoms with Crippen molar-refractivity contribution in [2.45, 2.75) is 17.9 Å². The number of hydrogen-bond donors (Lipinski definition) is 1. The number of para-hydroxylation sites is 1. The Labute approximate surface area is 225 Å². The zero-order valence-corrected chi connectivity index (χ0v) is 21.9. The fourth-order valence-electron chi connectivity index (χ4n) is 4.16. The number of carbonyl (C=O) groups excluding carboxylic acids is 2. The van der Waals surface area contributed by atoms with E-state index in [1.165, 1.54) is 35.5 Å². The second-order valence-corrected chi connectivity index (χ2v) is 10.8. The predicted molar refractivity (Wildman–Crippen MR) is 145 cm³/mol. The maximum Gasteiger partial charge on any atom is 0.339 e. The molecule has 1 N–H and O–H groups in total. The number of amides is 1. The summed E-state index contributed by atoms with van der Waals surface area (Å²) in [5.74, 6) is -1.24. The van der Waals surface area contributed by atoms with E-state index in [1.54, 1.807) is 42.6 Å². The Kier molecular flexibility index (Phi) is 7.64. The van der Waals surface area contributed by atoms with Crippen LogP contribution >= 0.6 is 0 Å². The minimum atomic E-state index is -3.65. The fraction of sp³-hybridized carbons (Fsp3) is 0.214. The van der Waals surface area contributed by atoms with Gasteiger partial charge in [0.1, 0.15) is 0 Å². The molecule has 0 bridgehead atoms. The molecule has 1 aliphatic heterocycles. The van der Waals surface area contributed by atoms with Gasteiger partial charge in [-0.25, -0.2) is 18.2 Å². The first-order valence-electron chi connectivity index (χ1n) is 12.3. The smallest absolute Gasteiger partial charge is 0.339 e. The number of hydrogen-bond acceptors (Lipinski definition) is 8. The highest BCUT2D eigenvalue weighted by molar-refractivity contribution is 7.89. The average Bonchev–Trinajstić information content (AvgIpc) is 2.97. The van der Waals surface area contributed by atoms with Gasteiger partial charge in [-0.2, -0.15) is 4.31 Å². The fourth-order valence-corrected chi connectivity index (χ4v) is 5.57. The summed E-state index contributed by atoms with van der Waals surface area (Å²) in [5, 5.41) is 3.25. The predicted octanol–water partition coefficient (Wildman–Crippen LogP) is 3.50. The molecule has 3 heterocycles. The Morgan fingerprint density at radius 1 is 0.974 bits per heavy atom. The van der Waals surface area contributed by atoms with E-state index in [0.29, 0.717) is 54.3 Å². The monoisotopic (exact) mass is 546 g/mol. The molecule has 1 unspecified atom stereocenters. The molecular formula is C28H26N4O6S. The Bertz CT molecular complexity index is 1600. The van der Waals surface area contributed by atoms with Gasteiger partial charge >= 0.3 is 5.97 Å². The number of benzene rings is 2. The van der Waals surface area contributed by atoms with Crippen molar-refractivity contribution in [2.75, 3.05) is 31.6 Å². The topological polar surface area (TPSA) is 128 Å². The largest absolute Gasteiger partial charge is 0.449 e. The zero-order chi connectivity index (χ0) is 27.4. The van der Waals surface area contributed by atoms with E-state index in [0.717, 1.165) is 0 Å². The number of aromatic nitrogens is 2. The maximum absolute atomic E-state index is 13.2. The number of pyridine rings is 2. The van der Waals surface area contributed by atoms with Crippen molar-refractivity contribution >= 4 is 38.5 Å². The molecule has 2 aromatic heterocycles. The molecule has 11 heteroatoms. The Hall–Kier alpha value is -4.19. The molecule has 0 aliphatic carbocycles. The van der Waals surface area contributed by atoms with Crippen LogP contribution in [0, 0.1) is 0 Å². The molecule has 10 nitrogen and oxygen atoms in total. The van der Waals surface area contributed by atoms with Crippen LogP contribution in [-0.2, 0) is 24.3 Å². The van der Waals surface area contributed by atoms with Gasteiger partial charge < -0.3 is 14.8 Å². The van der Waals surface area contributed by atoms with E-state index in [4.69, 9.17) is 9.47 Å². The van der Waals surface area contributed by atoms with Crippen molar-refractivity contribution in [3.05, 3.63) is 84.6 Å². The van der Waals surface area contributed by atoms with Crippen LogP contribution in [0.25, 0.3) is 22.3 Å². The van der Waals surface area contributed by atoms with Crippen LogP contribution in [0.3, 0.4) is 0 Å². The number of carbonyl (C=O) groups is 2. The molecule has 5 rings (SSSR count). The third kappa shape index (κ3) is 5.80. The van der Waals surface area contributed by atoms with Gasteiger partial charge in [0.25, 0.3) is 5.91 Å². The summed E-state index contributed by atoms with van der Waals surface area (Å²) in [7, 11) is -3.65. The van der Waals surface area contributed by atoms with Gasteiger partial charge in [-0.05, 0) is 55.5 Å². The number of fused-ring (bicyclic) bond motifs is 1. The first kappa shape index (κ1) is 26.4. The van der Waals surface area contributed by atoms with E-state index in [2.05, 4.69) is 15.3 Å². The maximum atomic E-state index is 13.2. The minimum absolute atomic E-state index is 0.121. The number of morpholine rings is 1. The second kappa shape index (κ2) is 11.3. The van der Waals surface area contributed by atoms with Gasteiger partial charge in [-0.1, -0.05) is 24.3 Å². The summed E-state index contributed by atoms with van der Waals surface area (Å²) in [4.78, 5) is 35.0. The van der Waals surface area contributed by atoms with Gasteiger partial charge in [-0.3, -0.25) is 9.78 Å². The van der Waals surface area contributed by atoms with Crippen LogP contribution in [0.2, 0.25) is 0 Å². The van der Waals surface area contributed by atoms with Gasteiger partial charge in [-0.15, -0.1) is 0 Å². The SMILES string of the molecule is CC(OC(=O)c1cc(-c2ccccn2)nc2ccccc12)C(=O)Nc1ccc(S(=O)(=O)N2CCOCC2)cc1. The second-order valence-electron chi connectivity index (χ2n) is 8.86. The molecule has 1 amide bonds. The third-order valence-corrected chi connectivity index (χ3v) is 8.16. The number of anilines is 1. The van der Waals surface area contributed by atoms with Gasteiger partial charge in [0, 0.05) is 30.4 Å². The standard InChI is InChI=1S/C28H26N4O6S/c1-19(27(33)30-20-9-11-21(12-10-20)39(35,36)32-14-16-37-17-15-32)38-28(34)23-18-26(25-8-4-5-13-29-25)31-24-7-3-2-6-22(23)24/h2-13,18-19H,14-17H2,1H3,(H,30,33). The van der Waals surface area contributed by atoms with E-state index >= 15 is 0 Å². The molecule has 0 saturated carbocycles. The van der Waals surface area contributed by atoms with Crippen LogP contribution in [0.5, 0.6) is 0 Å². The molecule has 1 atom stereocenters. The van der Waals surface area contributed by atoms with Gasteiger partial charge in [0.2, 0.25) is 10.0 Å². The normalized spacial score (nSPS) is 15.0. The Balaban J connectivity index is 1.29. The lowest BCUT2D eigenvalue weighted by molar-refractivity contribution is -0.123. The van der Waals surface area contributed by atoms with Crippen molar-refractivity contribution in [2.24, 2.45) is 0 Å². The van der Waals surface area contributed by atoms with Crippen LogP contribution in [-0.4, -0.2) is 67.0 Å². The minimum Gasteiger partial charge on any atom is -0.449 e. The van der Waals surface area contributed by atoms with E-state index < -0.39 is 28.0 Å². The molecule has 1 saturated heterocycles. The summed E-state index contributed by atoms with van der Waals surface area (Å²) in [6.45, 7) is 2.75. The molecule has 0 radical (unpaired) electrons. The van der Waals surface area contributed by atoms with Gasteiger partial charge in [0.05, 0.1) is 40.6 Å². The highest BCUT2D eigenvalue weighted by Gasteiger charge is 2.26. The van der Waals surface area contributed by atoms with Crippen molar-refractivity contribution in [3.63, 3.8) is 0 Å². The summed E-state index contributed by atoms with van der Waals surface area (Å²) < 4.78 is 37.7. The number of nitrogens with one attached hydrogen (secondary N) is 1. The van der Waals surface area contributed by atoms with E-state index in [1.807, 2.05) is 12.1 Å². The molecule has 1 fully saturated rings. The van der Waals surface area contributed by atoms with Crippen molar-refractivity contribution in [3.8, 4) is 11.4 Å². The quantitative estimate of drug-likeness (QED) is 0.349. The number of rotatable bonds is 7. The number of esters is 1. The molecule has 2 aromatic carbocycles. The highest BCUT2D eigenvalue weighted by Crippen LogP contribution is 2.25. The molecule has 1 aliphatic rings. The molecule has 39 heavy (non-hydrogen) atoms. The zero-order valence-electron chi connectivity index (χ0n) is 21.1. The van der Waals surface area contributed by atoms with Crippen LogP contribution < -0.4 is 5.32 Å². The van der Waals surface area contributed by atoms with Crippen LogP contribution in [0.15, 0.2) is 83.9 Å². The Morgan fingerprint density at radius 3 is 2.41 bits per heavy atom. The summed E-state index contributed by atoms with van der Waals surface area (Å²) >= 11 is 0. The molecular weight excluding hydrogens is 520 g/mol. The van der Waals surface area contributed by atoms with Crippen molar-refractivity contribution < 1.29 is 27.5 Å². The van der Waals surface area contributed by atoms with Gasteiger partial charge in [0.15, 0.2) is 6.10 Å². The number of ether oxygens (including phenoxy) is 2. The number of nitrogens with zero attached hydrogens (tertiary/aromatic N) is 3. The Morgan fingerprint density at radius 2 is 1.69 bits per heavy atom. The first-order valence-corrected chi connectivity index (χ1v) is 13.8. The van der Waals surface area contributed by atoms with E-state index in [9.17, 15) is 18.0 Å². The van der Waals surface area contributed by atoms with Crippen molar-refractivity contribution in [1.82, 2.24) is 14.3 Å².